The van der Waals surface area contributed by atoms with Gasteiger partial charge in [-0.2, -0.15) is 0 Å². The highest BCUT2D eigenvalue weighted by Crippen LogP contribution is 2.30. The van der Waals surface area contributed by atoms with Crippen molar-refractivity contribution in [1.82, 2.24) is 4.98 Å². The fraction of sp³-hybridized carbons (Fsp3) is 0.0625. The Balaban J connectivity index is 2.34. The molecule has 2 aromatic carbocycles. The summed E-state index contributed by atoms with van der Waals surface area (Å²) in [4.78, 5) is 3.54. The molecule has 3 heteroatoms. The van der Waals surface area contributed by atoms with E-state index >= 15 is 0 Å². The van der Waals surface area contributed by atoms with Gasteiger partial charge < -0.3 is 4.98 Å². The second-order valence-corrected chi connectivity index (χ2v) is 5.78. The molecule has 0 saturated carbocycles. The maximum absolute atomic E-state index is 3.56. The Morgan fingerprint density at radius 1 is 1.00 bits per heavy atom. The lowest BCUT2D eigenvalue weighted by Crippen LogP contribution is -2.28. The predicted molar refractivity (Wildman–Crippen MR) is 82.2 cm³/mol. The van der Waals surface area contributed by atoms with E-state index in [1.807, 2.05) is 0 Å². The van der Waals surface area contributed by atoms with Crippen LogP contribution in [0.3, 0.4) is 0 Å². The van der Waals surface area contributed by atoms with Crippen LogP contribution in [0.15, 0.2) is 53.1 Å². The van der Waals surface area contributed by atoms with Crippen molar-refractivity contribution >= 4 is 48.6 Å². The second-order valence-electron chi connectivity index (χ2n) is 4.86. The number of rotatable bonds is 0. The van der Waals surface area contributed by atoms with Crippen molar-refractivity contribution < 1.29 is 4.57 Å². The molecule has 1 N–H and O–H groups in total. The van der Waals surface area contributed by atoms with E-state index in [-0.39, 0.29) is 0 Å². The summed E-state index contributed by atoms with van der Waals surface area (Å²) in [5.41, 5.74) is 3.61. The van der Waals surface area contributed by atoms with Crippen molar-refractivity contribution in [2.24, 2.45) is 7.05 Å². The molecule has 0 aliphatic heterocycles. The lowest BCUT2D eigenvalue weighted by molar-refractivity contribution is -0.643. The zero-order valence-electron chi connectivity index (χ0n) is 10.4. The average Bonchev–Trinajstić information content (AvgIpc) is 2.78. The lowest BCUT2D eigenvalue weighted by atomic mass is 10.1. The molecule has 2 heterocycles. The van der Waals surface area contributed by atoms with Crippen LogP contribution in [0.4, 0.5) is 0 Å². The molecule has 0 atom stereocenters. The van der Waals surface area contributed by atoms with Gasteiger partial charge in [0.15, 0.2) is 6.20 Å². The lowest BCUT2D eigenvalue weighted by Gasteiger charge is -1.99. The number of halogens is 1. The zero-order valence-corrected chi connectivity index (χ0v) is 12.0. The topological polar surface area (TPSA) is 19.7 Å². The highest BCUT2D eigenvalue weighted by molar-refractivity contribution is 9.10. The number of para-hydroxylation sites is 1. The van der Waals surface area contributed by atoms with Gasteiger partial charge in [0.1, 0.15) is 7.05 Å². The SMILES string of the molecule is C[n+]1cc2c3ccccc3[nH]c2c2cc(Br)ccc21. The van der Waals surface area contributed by atoms with E-state index in [9.17, 15) is 0 Å². The van der Waals surface area contributed by atoms with Crippen molar-refractivity contribution in [2.45, 2.75) is 0 Å². The van der Waals surface area contributed by atoms with Gasteiger partial charge in [-0.1, -0.05) is 34.1 Å². The van der Waals surface area contributed by atoms with Gasteiger partial charge in [0, 0.05) is 21.4 Å². The molecule has 0 unspecified atom stereocenters. The minimum absolute atomic E-state index is 1.10. The smallest absolute Gasteiger partial charge is 0.214 e. The van der Waals surface area contributed by atoms with Crippen molar-refractivity contribution in [3.63, 3.8) is 0 Å². The van der Waals surface area contributed by atoms with E-state index in [0.717, 1.165) is 4.47 Å². The molecule has 0 fully saturated rings. The molecule has 0 spiro atoms. The highest BCUT2D eigenvalue weighted by atomic mass is 79.9. The average molecular weight is 312 g/mol. The number of aryl methyl sites for hydroxylation is 1. The quantitative estimate of drug-likeness (QED) is 0.472. The molecule has 0 aliphatic carbocycles. The van der Waals surface area contributed by atoms with E-state index in [4.69, 9.17) is 0 Å². The monoisotopic (exact) mass is 311 g/mol. The Morgan fingerprint density at radius 2 is 1.84 bits per heavy atom. The minimum Gasteiger partial charge on any atom is -0.354 e. The second kappa shape index (κ2) is 3.81. The largest absolute Gasteiger partial charge is 0.354 e. The summed E-state index contributed by atoms with van der Waals surface area (Å²) >= 11 is 3.56. The van der Waals surface area contributed by atoms with Gasteiger partial charge in [-0.25, -0.2) is 4.57 Å². The number of fused-ring (bicyclic) bond motifs is 5. The normalized spacial score (nSPS) is 11.7. The summed E-state index contributed by atoms with van der Waals surface area (Å²) in [6.45, 7) is 0. The molecule has 92 valence electrons. The van der Waals surface area contributed by atoms with Gasteiger partial charge in [0.2, 0.25) is 5.52 Å². The van der Waals surface area contributed by atoms with Crippen LogP contribution in [0.2, 0.25) is 0 Å². The third-order valence-electron chi connectivity index (χ3n) is 3.68. The number of nitrogens with one attached hydrogen (secondary N) is 1. The third-order valence-corrected chi connectivity index (χ3v) is 4.17. The standard InChI is InChI=1S/C16H11BrN2/c1-19-9-13-11-4-2-3-5-14(11)18-16(13)12-8-10(17)6-7-15(12)19/h2-9H,1H3/p+1. The molecule has 4 aromatic rings. The van der Waals surface area contributed by atoms with Crippen molar-refractivity contribution in [3.8, 4) is 0 Å². The Morgan fingerprint density at radius 3 is 2.74 bits per heavy atom. The zero-order chi connectivity index (χ0) is 13.0. The van der Waals surface area contributed by atoms with Crippen molar-refractivity contribution in [1.29, 1.82) is 0 Å². The first-order valence-electron chi connectivity index (χ1n) is 6.22. The maximum Gasteiger partial charge on any atom is 0.214 e. The third kappa shape index (κ3) is 1.51. The van der Waals surface area contributed by atoms with Crippen LogP contribution < -0.4 is 4.57 Å². The number of pyridine rings is 1. The number of benzene rings is 2. The molecule has 2 nitrogen and oxygen atoms in total. The fourth-order valence-corrected chi connectivity index (χ4v) is 3.15. The molecule has 0 aliphatic rings. The van der Waals surface area contributed by atoms with E-state index in [0.29, 0.717) is 0 Å². The Bertz CT molecular complexity index is 938. The number of nitrogens with zero attached hydrogens (tertiary/aromatic N) is 1. The van der Waals surface area contributed by atoms with Gasteiger partial charge >= 0.3 is 0 Å². The predicted octanol–water partition coefficient (Wildman–Crippen LogP) is 4.06. The number of aromatic amines is 1. The van der Waals surface area contributed by atoms with Crippen LogP contribution in [-0.2, 0) is 7.05 Å². The van der Waals surface area contributed by atoms with Crippen molar-refractivity contribution in [3.05, 3.63) is 53.1 Å². The minimum atomic E-state index is 1.10. The van der Waals surface area contributed by atoms with Gasteiger partial charge in [-0.3, -0.25) is 0 Å². The summed E-state index contributed by atoms with van der Waals surface area (Å²) in [7, 11) is 2.09. The number of aromatic nitrogens is 2. The number of hydrogen-bond donors (Lipinski definition) is 1. The van der Waals surface area contributed by atoms with Crippen LogP contribution >= 0.6 is 15.9 Å². The fourth-order valence-electron chi connectivity index (χ4n) is 2.79. The van der Waals surface area contributed by atoms with Gasteiger partial charge in [-0.15, -0.1) is 0 Å². The van der Waals surface area contributed by atoms with Crippen molar-refractivity contribution in [2.75, 3.05) is 0 Å². The summed E-state index contributed by atoms with van der Waals surface area (Å²) in [6.07, 6.45) is 2.20. The van der Waals surface area contributed by atoms with Crippen LogP contribution in [0, 0.1) is 0 Å². The van der Waals surface area contributed by atoms with E-state index in [1.165, 1.54) is 32.7 Å². The molecule has 4 rings (SSSR count). The first-order chi connectivity index (χ1) is 9.24. The Kier molecular flexibility index (Phi) is 2.21. The van der Waals surface area contributed by atoms with Crippen LogP contribution in [0.1, 0.15) is 0 Å². The van der Waals surface area contributed by atoms with Crippen LogP contribution in [0.25, 0.3) is 32.7 Å². The highest BCUT2D eigenvalue weighted by Gasteiger charge is 2.14. The molecule has 19 heavy (non-hydrogen) atoms. The molecule has 0 saturated heterocycles. The Hall–Kier alpha value is -1.87. The van der Waals surface area contributed by atoms with E-state index in [1.54, 1.807) is 0 Å². The maximum atomic E-state index is 3.56. The first kappa shape index (κ1) is 11.0. The van der Waals surface area contributed by atoms with E-state index in [2.05, 4.69) is 81.2 Å². The Labute approximate surface area is 118 Å². The molecular formula is C16H12BrN2+. The summed E-state index contributed by atoms with van der Waals surface area (Å²) in [6, 6.07) is 14.8. The molecule has 0 amide bonds. The first-order valence-corrected chi connectivity index (χ1v) is 7.02. The summed E-state index contributed by atoms with van der Waals surface area (Å²) in [5, 5.41) is 3.78. The molecule has 0 bridgehead atoms. The van der Waals surface area contributed by atoms with Crippen LogP contribution in [-0.4, -0.2) is 4.98 Å². The van der Waals surface area contributed by atoms with Gasteiger partial charge in [0.25, 0.3) is 0 Å². The van der Waals surface area contributed by atoms with Crippen LogP contribution in [0.5, 0.6) is 0 Å². The number of H-pyrrole nitrogens is 1. The summed E-state index contributed by atoms with van der Waals surface area (Å²) in [5.74, 6) is 0. The van der Waals surface area contributed by atoms with Gasteiger partial charge in [-0.05, 0) is 18.2 Å². The van der Waals surface area contributed by atoms with E-state index < -0.39 is 0 Å². The molecule has 0 radical (unpaired) electrons. The molecule has 2 aromatic heterocycles. The number of hydrogen-bond acceptors (Lipinski definition) is 0. The molecular weight excluding hydrogens is 300 g/mol. The summed E-state index contributed by atoms with van der Waals surface area (Å²) < 4.78 is 3.29. The van der Waals surface area contributed by atoms with Gasteiger partial charge in [0.05, 0.1) is 16.3 Å².